The maximum absolute atomic E-state index is 13.1. The summed E-state index contributed by atoms with van der Waals surface area (Å²) in [5.74, 6) is 0.914. The summed E-state index contributed by atoms with van der Waals surface area (Å²) in [6.07, 6.45) is 9.76. The molecule has 4 saturated heterocycles. The molecule has 4 aromatic rings. The first-order valence-corrected chi connectivity index (χ1v) is 26.0. The zero-order valence-corrected chi connectivity index (χ0v) is 39.4. The molecule has 8 rings (SSSR count). The first-order valence-electron chi connectivity index (χ1n) is 23.1. The van der Waals surface area contributed by atoms with E-state index < -0.39 is 20.2 Å². The maximum atomic E-state index is 13.1. The lowest BCUT2D eigenvalue weighted by atomic mass is 9.88. The average molecular weight is 929 g/mol. The lowest BCUT2D eigenvalue weighted by Gasteiger charge is -2.34. The van der Waals surface area contributed by atoms with Crippen LogP contribution < -0.4 is 18.4 Å². The summed E-state index contributed by atoms with van der Waals surface area (Å²) in [5, 5.41) is 3.53. The van der Waals surface area contributed by atoms with Crippen LogP contribution in [0.2, 0.25) is 0 Å². The van der Waals surface area contributed by atoms with Crippen molar-refractivity contribution >= 4 is 31.8 Å². The minimum Gasteiger partial charge on any atom is -0.497 e. The van der Waals surface area contributed by atoms with E-state index in [1.165, 1.54) is 76.6 Å². The highest BCUT2D eigenvalue weighted by molar-refractivity contribution is 7.87. The molecule has 1 atom stereocenters. The number of hydrogen-bond donors (Lipinski definition) is 1. The molecular formula is C50H64N4O9S2. The van der Waals surface area contributed by atoms with Gasteiger partial charge in [-0.15, -0.1) is 0 Å². The van der Waals surface area contributed by atoms with E-state index >= 15 is 0 Å². The van der Waals surface area contributed by atoms with Gasteiger partial charge in [0.1, 0.15) is 27.0 Å². The number of carbonyl (C=O) groups excluding carboxylic acids is 2. The van der Waals surface area contributed by atoms with Crippen LogP contribution in [0.4, 0.5) is 0 Å². The SMILES string of the molecule is COc1ccc(S(=O)(=O)Oc2cccc(C(=O)C3CCN(CC4CCCN4)CC3)c2)cc1.Cc1ccccc1S(=O)(=O)Oc1cccc(C(=O)C2CCN(CCN3CCCCC3)CC2)c1. The minimum absolute atomic E-state index is 0.0270. The third-order valence-corrected chi connectivity index (χ3v) is 15.8. The van der Waals surface area contributed by atoms with Crippen LogP contribution in [0.15, 0.2) is 107 Å². The number of hydrogen-bond acceptors (Lipinski definition) is 13. The molecule has 1 unspecified atom stereocenters. The molecule has 0 aromatic heterocycles. The Morgan fingerprint density at radius 3 is 1.66 bits per heavy atom. The number of carbonyl (C=O) groups is 2. The molecule has 15 heteroatoms. The Balaban J connectivity index is 0.000000194. The van der Waals surface area contributed by atoms with Crippen LogP contribution in [0.1, 0.15) is 84.1 Å². The third-order valence-electron chi connectivity index (χ3n) is 13.1. The fraction of sp³-hybridized carbons (Fsp3) is 0.480. The van der Waals surface area contributed by atoms with Gasteiger partial charge in [-0.25, -0.2) is 0 Å². The Bertz CT molecular complexity index is 2420. The smallest absolute Gasteiger partial charge is 0.339 e. The molecule has 0 amide bonds. The highest BCUT2D eigenvalue weighted by Gasteiger charge is 2.30. The zero-order chi connectivity index (χ0) is 45.8. The number of benzene rings is 4. The van der Waals surface area contributed by atoms with Crippen LogP contribution >= 0.6 is 0 Å². The van der Waals surface area contributed by atoms with Crippen molar-refractivity contribution in [3.8, 4) is 17.2 Å². The van der Waals surface area contributed by atoms with Crippen molar-refractivity contribution in [2.45, 2.75) is 80.5 Å². The molecule has 0 aliphatic carbocycles. The van der Waals surface area contributed by atoms with Gasteiger partial charge >= 0.3 is 20.2 Å². The van der Waals surface area contributed by atoms with Crippen LogP contribution in [0.25, 0.3) is 0 Å². The number of aryl methyl sites for hydroxylation is 1. The molecule has 4 aliphatic heterocycles. The van der Waals surface area contributed by atoms with E-state index in [-0.39, 0.29) is 44.7 Å². The zero-order valence-electron chi connectivity index (χ0n) is 37.7. The third kappa shape index (κ3) is 13.5. The monoisotopic (exact) mass is 928 g/mol. The summed E-state index contributed by atoms with van der Waals surface area (Å²) in [6.45, 7) is 12.2. The second-order valence-electron chi connectivity index (χ2n) is 17.7. The van der Waals surface area contributed by atoms with E-state index in [4.69, 9.17) is 13.1 Å². The second kappa shape index (κ2) is 22.7. The van der Waals surface area contributed by atoms with Crippen molar-refractivity contribution in [2.24, 2.45) is 11.8 Å². The summed E-state index contributed by atoms with van der Waals surface area (Å²) in [5.41, 5.74) is 1.62. The van der Waals surface area contributed by atoms with E-state index in [0.29, 0.717) is 28.5 Å². The van der Waals surface area contributed by atoms with Crippen molar-refractivity contribution in [1.29, 1.82) is 0 Å². The van der Waals surface area contributed by atoms with Gasteiger partial charge in [0.25, 0.3) is 0 Å². The molecule has 13 nitrogen and oxygen atoms in total. The van der Waals surface area contributed by atoms with Gasteiger partial charge in [0.15, 0.2) is 11.6 Å². The summed E-state index contributed by atoms with van der Waals surface area (Å²) in [7, 11) is -6.45. The fourth-order valence-electron chi connectivity index (χ4n) is 9.29. The molecule has 0 radical (unpaired) electrons. The Kier molecular flexibility index (Phi) is 16.9. The topological polar surface area (TPSA) is 152 Å². The molecule has 4 aromatic carbocycles. The fourth-order valence-corrected chi connectivity index (χ4v) is 11.4. The van der Waals surface area contributed by atoms with Crippen LogP contribution in [0.3, 0.4) is 0 Å². The van der Waals surface area contributed by atoms with Gasteiger partial charge < -0.3 is 33.1 Å². The summed E-state index contributed by atoms with van der Waals surface area (Å²) < 4.78 is 66.3. The van der Waals surface area contributed by atoms with Gasteiger partial charge in [-0.05, 0) is 164 Å². The Hall–Kier alpha value is -4.64. The van der Waals surface area contributed by atoms with Gasteiger partial charge in [0.05, 0.1) is 7.11 Å². The van der Waals surface area contributed by atoms with Gasteiger partial charge in [0.2, 0.25) is 0 Å². The molecule has 4 heterocycles. The number of nitrogens with zero attached hydrogens (tertiary/aromatic N) is 3. The molecular weight excluding hydrogens is 865 g/mol. The normalized spacial score (nSPS) is 19.5. The highest BCUT2D eigenvalue weighted by atomic mass is 32.2. The van der Waals surface area contributed by atoms with Crippen LogP contribution in [0.5, 0.6) is 17.2 Å². The van der Waals surface area contributed by atoms with E-state index in [1.807, 2.05) is 0 Å². The summed E-state index contributed by atoms with van der Waals surface area (Å²) in [4.78, 5) is 33.8. The number of piperidine rings is 3. The standard InChI is InChI=1S/C26H34N2O4S.C24H30N2O5S/c1-21-8-3-4-11-25(21)33(30,31)32-24-10-7-9-23(20-24)26(29)22-12-16-28(17-13-22)19-18-27-14-5-2-6-15-27;1-30-21-7-9-23(10-8-21)32(28,29)31-22-6-2-4-19(16-22)24(27)18-11-14-26(15-12-18)17-20-5-3-13-25-20/h3-4,7-11,20,22H,2,5-6,12-19H2,1H3;2,4,6-10,16,18,20,25H,3,5,11-15,17H2,1H3. The van der Waals surface area contributed by atoms with E-state index in [1.54, 1.807) is 79.7 Å². The van der Waals surface area contributed by atoms with Crippen molar-refractivity contribution in [3.05, 3.63) is 114 Å². The van der Waals surface area contributed by atoms with Crippen molar-refractivity contribution in [3.63, 3.8) is 0 Å². The summed E-state index contributed by atoms with van der Waals surface area (Å²) >= 11 is 0. The predicted octanol–water partition coefficient (Wildman–Crippen LogP) is 7.25. The molecule has 1 N–H and O–H groups in total. The largest absolute Gasteiger partial charge is 0.497 e. The average Bonchev–Trinajstić information content (AvgIpc) is 3.84. The molecule has 4 aliphatic rings. The van der Waals surface area contributed by atoms with Crippen molar-refractivity contribution in [1.82, 2.24) is 20.0 Å². The first-order chi connectivity index (χ1) is 31.4. The maximum Gasteiger partial charge on any atom is 0.339 e. The second-order valence-corrected chi connectivity index (χ2v) is 20.7. The van der Waals surface area contributed by atoms with Gasteiger partial charge in [-0.2, -0.15) is 16.8 Å². The van der Waals surface area contributed by atoms with Crippen molar-refractivity contribution < 1.29 is 39.5 Å². The number of nitrogens with one attached hydrogen (secondary N) is 1. The van der Waals surface area contributed by atoms with Crippen LogP contribution in [0, 0.1) is 18.8 Å². The van der Waals surface area contributed by atoms with Gasteiger partial charge in [-0.3, -0.25) is 9.59 Å². The first kappa shape index (κ1) is 48.3. The number of methoxy groups -OCH3 is 1. The molecule has 350 valence electrons. The molecule has 0 spiro atoms. The van der Waals surface area contributed by atoms with Crippen molar-refractivity contribution in [2.75, 3.05) is 72.6 Å². The van der Waals surface area contributed by atoms with Crippen LogP contribution in [-0.4, -0.2) is 122 Å². The van der Waals surface area contributed by atoms with E-state index in [0.717, 1.165) is 78.0 Å². The molecule has 65 heavy (non-hydrogen) atoms. The molecule has 0 bridgehead atoms. The predicted molar refractivity (Wildman–Crippen MR) is 251 cm³/mol. The van der Waals surface area contributed by atoms with Gasteiger partial charge in [-0.1, -0.05) is 48.9 Å². The van der Waals surface area contributed by atoms with E-state index in [9.17, 15) is 26.4 Å². The molecule has 0 saturated carbocycles. The number of ether oxygens (including phenoxy) is 1. The number of rotatable bonds is 16. The number of Topliss-reactive ketones (excluding diaryl/α,β-unsaturated/α-hetero) is 2. The summed E-state index contributed by atoms with van der Waals surface area (Å²) in [6, 6.07) is 26.3. The lowest BCUT2D eigenvalue weighted by molar-refractivity contribution is 0.0822. The Morgan fingerprint density at radius 2 is 1.12 bits per heavy atom. The minimum atomic E-state index is -4.00. The van der Waals surface area contributed by atoms with Gasteiger partial charge in [0, 0.05) is 48.6 Å². The Morgan fingerprint density at radius 1 is 0.585 bits per heavy atom. The quantitative estimate of drug-likeness (QED) is 0.0888. The lowest BCUT2D eigenvalue weighted by Crippen LogP contribution is -2.43. The molecule has 4 fully saturated rings. The van der Waals surface area contributed by atoms with E-state index in [2.05, 4.69) is 20.0 Å². The number of likely N-dealkylation sites (tertiary alicyclic amines) is 3. The Labute approximate surface area is 385 Å². The van der Waals surface area contributed by atoms with Crippen LogP contribution in [-0.2, 0) is 20.2 Å². The highest BCUT2D eigenvalue weighted by Crippen LogP contribution is 2.29. The number of ketones is 2.